The van der Waals surface area contributed by atoms with Crippen molar-refractivity contribution in [3.63, 3.8) is 0 Å². The average Bonchev–Trinajstić information content (AvgIpc) is 2.64. The van der Waals surface area contributed by atoms with Crippen LogP contribution in [0.5, 0.6) is 0 Å². The molecule has 0 saturated heterocycles. The fraction of sp³-hybridized carbons (Fsp3) is 0.700. The van der Waals surface area contributed by atoms with Crippen LogP contribution in [-0.2, 0) is 16.5 Å². The van der Waals surface area contributed by atoms with Gasteiger partial charge in [-0.3, -0.25) is 9.87 Å². The van der Waals surface area contributed by atoms with Crippen LogP contribution in [0.1, 0.15) is 76.7 Å². The molecule has 0 aromatic heterocycles. The number of aliphatic hydroxyl groups excluding tert-OH is 2. The van der Waals surface area contributed by atoms with E-state index in [1.807, 2.05) is 0 Å². The minimum absolute atomic E-state index is 0.0284. The quantitative estimate of drug-likeness (QED) is 0.213. The lowest BCUT2D eigenvalue weighted by atomic mass is 10.0. The van der Waals surface area contributed by atoms with E-state index in [2.05, 4.69) is 12.2 Å². The first kappa shape index (κ1) is 26.0. The number of unbranched alkanes of at least 4 members (excludes halogenated alkanes) is 9. The first-order valence-electron chi connectivity index (χ1n) is 9.94. The molecule has 0 aliphatic carbocycles. The third-order valence-corrected chi connectivity index (χ3v) is 5.13. The van der Waals surface area contributed by atoms with Gasteiger partial charge >= 0.3 is 0 Å². The van der Waals surface area contributed by atoms with Gasteiger partial charge in [-0.05, 0) is 30.5 Å². The highest BCUT2D eigenvalue weighted by Gasteiger charge is 2.08. The molecule has 0 heterocycles. The zero-order valence-corrected chi connectivity index (χ0v) is 17.4. The van der Waals surface area contributed by atoms with E-state index in [1.54, 1.807) is 12.1 Å². The van der Waals surface area contributed by atoms with Crippen LogP contribution in [0.25, 0.3) is 0 Å². The predicted octanol–water partition coefficient (Wildman–Crippen LogP) is 3.87. The van der Waals surface area contributed by atoms with Crippen LogP contribution in [0.4, 0.5) is 0 Å². The molecule has 1 rings (SSSR count). The number of rotatable bonds is 14. The molecule has 6 nitrogen and oxygen atoms in total. The Morgan fingerprint density at radius 2 is 1.22 bits per heavy atom. The highest BCUT2D eigenvalue weighted by molar-refractivity contribution is 7.85. The second kappa shape index (κ2) is 17.1. The number of hydrogen-bond acceptors (Lipinski definition) is 5. The van der Waals surface area contributed by atoms with Gasteiger partial charge in [0.15, 0.2) is 0 Å². The van der Waals surface area contributed by atoms with Crippen LogP contribution in [0, 0.1) is 0 Å². The summed E-state index contributed by atoms with van der Waals surface area (Å²) >= 11 is 0. The summed E-state index contributed by atoms with van der Waals surface area (Å²) in [5, 5.41) is 17.8. The molecular formula is C20H37NO5S. The molecule has 0 aliphatic heterocycles. The third-order valence-electron chi connectivity index (χ3n) is 4.26. The zero-order valence-electron chi connectivity index (χ0n) is 16.6. The molecule has 7 heteroatoms. The Morgan fingerprint density at radius 1 is 0.778 bits per heavy atom. The molecule has 4 N–H and O–H groups in total. The molecule has 0 saturated carbocycles. The third kappa shape index (κ3) is 15.7. The van der Waals surface area contributed by atoms with Crippen LogP contribution in [0.15, 0.2) is 29.2 Å². The minimum atomic E-state index is -4.06. The molecule has 0 aliphatic rings. The summed E-state index contributed by atoms with van der Waals surface area (Å²) in [4.78, 5) is -0.0284. The van der Waals surface area contributed by atoms with Crippen molar-refractivity contribution in [2.45, 2.75) is 82.4 Å². The number of benzene rings is 1. The van der Waals surface area contributed by atoms with Crippen LogP contribution >= 0.6 is 0 Å². The maximum absolute atomic E-state index is 10.9. The Kier molecular flexibility index (Phi) is 16.5. The molecule has 0 unspecified atom stereocenters. The lowest BCUT2D eigenvalue weighted by Gasteiger charge is -2.04. The number of aliphatic hydroxyl groups is 2. The van der Waals surface area contributed by atoms with Crippen LogP contribution in [-0.4, -0.2) is 36.6 Å². The first-order chi connectivity index (χ1) is 13.0. The minimum Gasteiger partial charge on any atom is -0.381 e. The lowest BCUT2D eigenvalue weighted by Crippen LogP contribution is -2.14. The summed E-state index contributed by atoms with van der Waals surface area (Å²) in [6.45, 7) is 1.93. The van der Waals surface area contributed by atoms with Gasteiger partial charge in [0, 0.05) is 0 Å². The summed E-state index contributed by atoms with van der Waals surface area (Å²) in [6, 6.07) is 6.52. The molecule has 1 aromatic rings. The van der Waals surface area contributed by atoms with Crippen LogP contribution in [0.2, 0.25) is 0 Å². The molecule has 0 bridgehead atoms. The SMILES string of the molecule is CCCCCCCCCCCCc1ccc(S(=O)(=O)O)cc1.OCNCO. The number of aryl methyl sites for hydroxylation is 1. The molecule has 27 heavy (non-hydrogen) atoms. The van der Waals surface area contributed by atoms with Crippen molar-refractivity contribution >= 4 is 10.1 Å². The van der Waals surface area contributed by atoms with Gasteiger partial charge in [0.05, 0.1) is 18.4 Å². The van der Waals surface area contributed by atoms with E-state index < -0.39 is 10.1 Å². The smallest absolute Gasteiger partial charge is 0.294 e. The highest BCUT2D eigenvalue weighted by Crippen LogP contribution is 2.14. The molecule has 0 spiro atoms. The van der Waals surface area contributed by atoms with Gasteiger partial charge in [0.25, 0.3) is 10.1 Å². The number of nitrogens with one attached hydrogen (secondary N) is 1. The van der Waals surface area contributed by atoms with Gasteiger partial charge in [-0.2, -0.15) is 8.42 Å². The maximum Gasteiger partial charge on any atom is 0.294 e. The van der Waals surface area contributed by atoms with Crippen LogP contribution in [0.3, 0.4) is 0 Å². The van der Waals surface area contributed by atoms with Crippen molar-refractivity contribution in [2.24, 2.45) is 0 Å². The fourth-order valence-corrected chi connectivity index (χ4v) is 3.17. The van der Waals surface area contributed by atoms with Gasteiger partial charge in [-0.25, -0.2) is 0 Å². The molecule has 0 radical (unpaired) electrons. The summed E-state index contributed by atoms with van der Waals surface area (Å²) in [7, 11) is -4.06. The monoisotopic (exact) mass is 403 g/mol. The van der Waals surface area contributed by atoms with Gasteiger partial charge < -0.3 is 10.2 Å². The first-order valence-corrected chi connectivity index (χ1v) is 11.4. The standard InChI is InChI=1S/C18H30O3S.C2H7NO2/c1-2-3-4-5-6-7-8-9-10-11-12-17-13-15-18(16-14-17)22(19,20)21;4-1-3-2-5/h13-16H,2-12H2,1H3,(H,19,20,21);3-5H,1-2H2. The van der Waals surface area contributed by atoms with E-state index in [0.29, 0.717) is 0 Å². The average molecular weight is 404 g/mol. The van der Waals surface area contributed by atoms with Crippen molar-refractivity contribution in [1.82, 2.24) is 5.32 Å². The van der Waals surface area contributed by atoms with E-state index in [9.17, 15) is 8.42 Å². The summed E-state index contributed by atoms with van der Waals surface area (Å²) < 4.78 is 30.8. The highest BCUT2D eigenvalue weighted by atomic mass is 32.2. The van der Waals surface area contributed by atoms with Crippen molar-refractivity contribution in [2.75, 3.05) is 13.5 Å². The Morgan fingerprint density at radius 3 is 1.59 bits per heavy atom. The van der Waals surface area contributed by atoms with Gasteiger partial charge in [0.2, 0.25) is 0 Å². The lowest BCUT2D eigenvalue weighted by molar-refractivity contribution is 0.185. The fourth-order valence-electron chi connectivity index (χ4n) is 2.69. The normalized spacial score (nSPS) is 11.1. The van der Waals surface area contributed by atoms with E-state index in [1.165, 1.54) is 69.9 Å². The molecule has 0 amide bonds. The summed E-state index contributed by atoms with van der Waals surface area (Å²) in [6.07, 6.45) is 14.1. The topological polar surface area (TPSA) is 107 Å². The maximum atomic E-state index is 10.9. The van der Waals surface area contributed by atoms with Gasteiger partial charge in [-0.1, -0.05) is 76.8 Å². The van der Waals surface area contributed by atoms with Gasteiger partial charge in [0.1, 0.15) is 0 Å². The second-order valence-electron chi connectivity index (χ2n) is 6.62. The zero-order chi connectivity index (χ0) is 20.4. The van der Waals surface area contributed by atoms with E-state index >= 15 is 0 Å². The Labute approximate surface area is 164 Å². The van der Waals surface area contributed by atoms with Crippen molar-refractivity contribution in [3.05, 3.63) is 29.8 Å². The van der Waals surface area contributed by atoms with Gasteiger partial charge in [-0.15, -0.1) is 0 Å². The van der Waals surface area contributed by atoms with Crippen molar-refractivity contribution < 1.29 is 23.2 Å². The Balaban J connectivity index is 0.00000119. The molecule has 158 valence electrons. The molecule has 0 atom stereocenters. The van der Waals surface area contributed by atoms with Crippen LogP contribution < -0.4 is 5.32 Å². The Bertz CT molecular complexity index is 544. The second-order valence-corrected chi connectivity index (χ2v) is 8.04. The summed E-state index contributed by atoms with van der Waals surface area (Å²) in [5.41, 5.74) is 1.13. The Hall–Kier alpha value is -0.990. The van der Waals surface area contributed by atoms with E-state index in [0.717, 1.165) is 18.4 Å². The van der Waals surface area contributed by atoms with Crippen molar-refractivity contribution in [1.29, 1.82) is 0 Å². The molecule has 0 fully saturated rings. The number of hydrogen-bond donors (Lipinski definition) is 4. The molecular weight excluding hydrogens is 366 g/mol. The van der Waals surface area contributed by atoms with Crippen molar-refractivity contribution in [3.8, 4) is 0 Å². The predicted molar refractivity (Wildman–Crippen MR) is 109 cm³/mol. The van der Waals surface area contributed by atoms with E-state index in [4.69, 9.17) is 14.8 Å². The largest absolute Gasteiger partial charge is 0.381 e. The molecule has 1 aromatic carbocycles. The van der Waals surface area contributed by atoms with E-state index in [-0.39, 0.29) is 18.4 Å². The summed E-state index contributed by atoms with van der Waals surface area (Å²) in [5.74, 6) is 0.